The Hall–Kier alpha value is -7.36. The number of hydrogen-bond donors (Lipinski definition) is 0. The van der Waals surface area contributed by atoms with Crippen molar-refractivity contribution in [2.45, 2.75) is 148 Å². The van der Waals surface area contributed by atoms with Crippen molar-refractivity contribution in [3.05, 3.63) is 255 Å². The van der Waals surface area contributed by atoms with Gasteiger partial charge in [-0.25, -0.2) is 0 Å². The van der Waals surface area contributed by atoms with Crippen LogP contribution in [0.15, 0.2) is 194 Å². The van der Waals surface area contributed by atoms with Crippen LogP contribution in [0.4, 0.5) is 34.1 Å². The third-order valence-corrected chi connectivity index (χ3v) is 19.6. The summed E-state index contributed by atoms with van der Waals surface area (Å²) >= 11 is 0. The van der Waals surface area contributed by atoms with Crippen molar-refractivity contribution < 1.29 is 0 Å². The normalized spacial score (nSPS) is 17.8. The van der Waals surface area contributed by atoms with Crippen LogP contribution in [0.1, 0.15) is 177 Å². The second-order valence-electron chi connectivity index (χ2n) is 28.4. The molecular weight excluding hydrogens is 964 g/mol. The zero-order valence-corrected chi connectivity index (χ0v) is 49.9. The smallest absolute Gasteiger partial charge is 0.247 e. The molecule has 13 rings (SSSR count). The van der Waals surface area contributed by atoms with Crippen LogP contribution in [-0.4, -0.2) is 6.71 Å². The van der Waals surface area contributed by atoms with Gasteiger partial charge in [-0.2, -0.15) is 0 Å². The van der Waals surface area contributed by atoms with Gasteiger partial charge >= 0.3 is 0 Å². The Labute approximate surface area is 479 Å². The average Bonchev–Trinajstić information content (AvgIpc) is 3.16. The molecule has 0 bridgehead atoms. The largest absolute Gasteiger partial charge is 0.311 e. The molecule has 0 spiro atoms. The van der Waals surface area contributed by atoms with E-state index < -0.39 is 0 Å². The average molecular weight is 1040 g/mol. The maximum absolute atomic E-state index is 2.74. The molecule has 0 N–H and O–H groups in total. The molecule has 4 aliphatic rings. The Kier molecular flexibility index (Phi) is 11.8. The Balaban J connectivity index is 1.23. The molecule has 2 aliphatic heterocycles. The second kappa shape index (κ2) is 18.1. The molecule has 1 atom stereocenters. The van der Waals surface area contributed by atoms with E-state index in [0.717, 1.165) is 29.9 Å². The molecule has 9 aromatic carbocycles. The van der Waals surface area contributed by atoms with E-state index in [0.29, 0.717) is 0 Å². The lowest BCUT2D eigenvalue weighted by molar-refractivity contribution is 0.332. The van der Waals surface area contributed by atoms with Crippen LogP contribution < -0.4 is 26.2 Å². The van der Waals surface area contributed by atoms with Gasteiger partial charge in [-0.3, -0.25) is 0 Å². The molecule has 2 heterocycles. The van der Waals surface area contributed by atoms with Crippen LogP contribution >= 0.6 is 0 Å². The first-order chi connectivity index (χ1) is 38.0. The molecule has 0 amide bonds. The van der Waals surface area contributed by atoms with Gasteiger partial charge in [-0.1, -0.05) is 242 Å². The van der Waals surface area contributed by atoms with E-state index in [4.69, 9.17) is 0 Å². The number of hydrogen-bond acceptors (Lipinski definition) is 2. The standard InChI is InChI=1S/C77H79BN2/c1-72(2,3)50-34-37-54(38-35-50)80-66-41-36-51(73(4,5)6)44-65(66)78-64-48-63-62(76(11,12)59-32-24-25-33-60(59)77(63,13)14)47-57(64)69(56-39-40-61-70(68(56)49-26-18-15-19-27-49)75(9,10)43-42-74(61,7)8)58-45-55(46-67(80)71(58)78)79(52-28-20-16-21-29-52)53-30-22-17-23-31-53/h15-41,44-48,69H,42-43H2,1-14H3. The number of nitrogens with zero attached hydrogens (tertiary/aromatic N) is 2. The molecular formula is C77H79BN2. The van der Waals surface area contributed by atoms with Crippen LogP contribution in [0.25, 0.3) is 11.1 Å². The first-order valence-corrected chi connectivity index (χ1v) is 29.6. The highest BCUT2D eigenvalue weighted by Gasteiger charge is 2.50. The van der Waals surface area contributed by atoms with Gasteiger partial charge in [0.2, 0.25) is 6.71 Å². The predicted molar refractivity (Wildman–Crippen MR) is 343 cm³/mol. The van der Waals surface area contributed by atoms with E-state index in [9.17, 15) is 0 Å². The van der Waals surface area contributed by atoms with Crippen molar-refractivity contribution >= 4 is 57.2 Å². The fourth-order valence-corrected chi connectivity index (χ4v) is 15.0. The number of para-hydroxylation sites is 2. The Morgan fingerprint density at radius 2 is 0.963 bits per heavy atom. The van der Waals surface area contributed by atoms with Crippen molar-refractivity contribution in [1.82, 2.24) is 0 Å². The van der Waals surface area contributed by atoms with Crippen LogP contribution in [0, 0.1) is 0 Å². The van der Waals surface area contributed by atoms with E-state index in [1.165, 1.54) is 106 Å². The van der Waals surface area contributed by atoms with E-state index in [1.807, 2.05) is 0 Å². The molecule has 9 aromatic rings. The topological polar surface area (TPSA) is 6.48 Å². The molecule has 0 saturated carbocycles. The fourth-order valence-electron chi connectivity index (χ4n) is 15.0. The number of fused-ring (bicyclic) bond motifs is 7. The lowest BCUT2D eigenvalue weighted by atomic mass is 9.30. The van der Waals surface area contributed by atoms with Gasteiger partial charge < -0.3 is 9.80 Å². The Morgan fingerprint density at radius 3 is 1.55 bits per heavy atom. The predicted octanol–water partition coefficient (Wildman–Crippen LogP) is 18.5. The van der Waals surface area contributed by atoms with Crippen molar-refractivity contribution in [1.29, 1.82) is 0 Å². The van der Waals surface area contributed by atoms with Gasteiger partial charge in [0.15, 0.2) is 0 Å². The summed E-state index contributed by atoms with van der Waals surface area (Å²) < 4.78 is 0. The maximum Gasteiger partial charge on any atom is 0.247 e. The lowest BCUT2D eigenvalue weighted by Crippen LogP contribution is -2.62. The molecule has 2 aliphatic carbocycles. The zero-order valence-electron chi connectivity index (χ0n) is 49.9. The molecule has 0 radical (unpaired) electrons. The van der Waals surface area contributed by atoms with E-state index in [-0.39, 0.29) is 45.1 Å². The third kappa shape index (κ3) is 8.02. The molecule has 400 valence electrons. The van der Waals surface area contributed by atoms with Crippen molar-refractivity contribution in [3.8, 4) is 11.1 Å². The van der Waals surface area contributed by atoms with Crippen LogP contribution in [0.5, 0.6) is 0 Å². The summed E-state index contributed by atoms with van der Waals surface area (Å²) in [4.78, 5) is 5.14. The first-order valence-electron chi connectivity index (χ1n) is 29.6. The van der Waals surface area contributed by atoms with Crippen LogP contribution in [-0.2, 0) is 32.5 Å². The SMILES string of the molecule is CC(C)(C)c1ccc(N2c3ccc(C(C)(C)C)cc3B3c4cc5c(cc4C(c4ccc6c(c4-c4ccccc4)C(C)(C)CCC6(C)C)c4cc(N(c6ccccc6)c6ccccc6)cc2c43)C(C)(C)c2ccccc2C5(C)C)cc1. The van der Waals surface area contributed by atoms with Gasteiger partial charge in [0.25, 0.3) is 0 Å². The van der Waals surface area contributed by atoms with Crippen molar-refractivity contribution in [3.63, 3.8) is 0 Å². The monoisotopic (exact) mass is 1040 g/mol. The van der Waals surface area contributed by atoms with Crippen molar-refractivity contribution in [2.24, 2.45) is 0 Å². The van der Waals surface area contributed by atoms with E-state index >= 15 is 0 Å². The second-order valence-corrected chi connectivity index (χ2v) is 28.4. The van der Waals surface area contributed by atoms with Gasteiger partial charge in [0.1, 0.15) is 0 Å². The summed E-state index contributed by atoms with van der Waals surface area (Å²) in [6.45, 7) is 34.0. The molecule has 0 saturated heterocycles. The summed E-state index contributed by atoms with van der Waals surface area (Å²) in [5, 5.41) is 0. The summed E-state index contributed by atoms with van der Waals surface area (Å²) in [5.41, 5.74) is 28.9. The molecule has 3 heteroatoms. The Bertz CT molecular complexity index is 3860. The van der Waals surface area contributed by atoms with Crippen LogP contribution in [0.2, 0.25) is 0 Å². The number of anilines is 6. The lowest BCUT2D eigenvalue weighted by Gasteiger charge is -2.48. The minimum absolute atomic E-state index is 0.00400. The third-order valence-electron chi connectivity index (χ3n) is 19.6. The molecule has 0 aromatic heterocycles. The zero-order chi connectivity index (χ0) is 56.1. The number of benzene rings is 9. The molecule has 80 heavy (non-hydrogen) atoms. The summed E-state index contributed by atoms with van der Waals surface area (Å²) in [6.07, 6.45) is 2.28. The van der Waals surface area contributed by atoms with Crippen molar-refractivity contribution in [2.75, 3.05) is 9.80 Å². The van der Waals surface area contributed by atoms with Gasteiger partial charge in [0.05, 0.1) is 0 Å². The van der Waals surface area contributed by atoms with E-state index in [1.54, 1.807) is 0 Å². The number of rotatable bonds is 6. The Morgan fingerprint density at radius 1 is 0.425 bits per heavy atom. The highest BCUT2D eigenvalue weighted by molar-refractivity contribution is 6.99. The van der Waals surface area contributed by atoms with E-state index in [2.05, 4.69) is 301 Å². The summed E-state index contributed by atoms with van der Waals surface area (Å²) in [6, 6.07) is 75.7. The van der Waals surface area contributed by atoms with Gasteiger partial charge in [0, 0.05) is 50.9 Å². The fraction of sp³-hybridized carbons (Fsp3) is 0.299. The minimum atomic E-state index is -0.254. The summed E-state index contributed by atoms with van der Waals surface area (Å²) in [7, 11) is 0. The molecule has 2 nitrogen and oxygen atoms in total. The van der Waals surface area contributed by atoms with Gasteiger partial charge in [-0.05, 0) is 172 Å². The summed E-state index contributed by atoms with van der Waals surface area (Å²) in [5.74, 6) is -0.136. The molecule has 0 fully saturated rings. The quantitative estimate of drug-likeness (QED) is 0.153. The van der Waals surface area contributed by atoms with Gasteiger partial charge in [-0.15, -0.1) is 0 Å². The highest BCUT2D eigenvalue weighted by Crippen LogP contribution is 2.56. The maximum atomic E-state index is 2.74. The highest BCUT2D eigenvalue weighted by atomic mass is 15.2. The minimum Gasteiger partial charge on any atom is -0.311 e. The first kappa shape index (κ1) is 52.0. The molecule has 1 unspecified atom stereocenters. The van der Waals surface area contributed by atoms with Crippen LogP contribution in [0.3, 0.4) is 0 Å².